The average molecular weight is 363 g/mol. The van der Waals surface area contributed by atoms with Crippen LogP contribution in [0.25, 0.3) is 6.08 Å². The summed E-state index contributed by atoms with van der Waals surface area (Å²) in [6, 6.07) is 7.77. The third-order valence-corrected chi connectivity index (χ3v) is 3.39. The van der Waals surface area contributed by atoms with Gasteiger partial charge in [-0.3, -0.25) is 4.79 Å². The minimum absolute atomic E-state index is 0.313. The number of aromatic carboxylic acids is 1. The molecule has 0 radical (unpaired) electrons. The fourth-order valence-corrected chi connectivity index (χ4v) is 2.18. The quantitative estimate of drug-likeness (QED) is 0.768. The summed E-state index contributed by atoms with van der Waals surface area (Å²) >= 11 is 0. The van der Waals surface area contributed by atoms with Crippen molar-refractivity contribution in [3.8, 4) is 11.5 Å². The molecule has 2 N–H and O–H groups in total. The van der Waals surface area contributed by atoms with Crippen molar-refractivity contribution >= 4 is 23.6 Å². The molecule has 6 nitrogen and oxygen atoms in total. The number of hydrogen-bond acceptors (Lipinski definition) is 4. The lowest BCUT2D eigenvalue weighted by Crippen LogP contribution is -2.16. The Hall–Kier alpha value is -3.42. The summed E-state index contributed by atoms with van der Waals surface area (Å²) in [4.78, 5) is 23.0. The zero-order valence-corrected chi connectivity index (χ0v) is 13.9. The lowest BCUT2D eigenvalue weighted by atomic mass is 10.1. The van der Waals surface area contributed by atoms with Crippen LogP contribution in [0.15, 0.2) is 42.2 Å². The molecular formula is C18H15F2NO5. The Morgan fingerprint density at radius 2 is 1.81 bits per heavy atom. The third-order valence-electron chi connectivity index (χ3n) is 3.39. The van der Waals surface area contributed by atoms with Crippen LogP contribution in [0.2, 0.25) is 0 Å². The molecule has 136 valence electrons. The number of anilines is 1. The minimum Gasteiger partial charge on any atom is -0.493 e. The topological polar surface area (TPSA) is 84.9 Å². The molecule has 1 amide bonds. The number of nitrogens with one attached hydrogen (secondary N) is 1. The van der Waals surface area contributed by atoms with Gasteiger partial charge in [0.1, 0.15) is 11.4 Å². The summed E-state index contributed by atoms with van der Waals surface area (Å²) in [6.07, 6.45) is 0.928. The van der Waals surface area contributed by atoms with Crippen molar-refractivity contribution < 1.29 is 33.0 Å². The Labute approximate surface area is 147 Å². The van der Waals surface area contributed by atoms with E-state index in [1.54, 1.807) is 0 Å². The third kappa shape index (κ3) is 4.15. The maximum Gasteiger partial charge on any atom is 0.340 e. The molecule has 0 saturated carbocycles. The molecule has 0 bridgehead atoms. The first-order valence-corrected chi connectivity index (χ1v) is 7.29. The van der Waals surface area contributed by atoms with Crippen molar-refractivity contribution in [3.05, 3.63) is 59.2 Å². The van der Waals surface area contributed by atoms with Crippen LogP contribution in [0.3, 0.4) is 0 Å². The van der Waals surface area contributed by atoms with E-state index < -0.39 is 29.1 Å². The number of carbonyl (C=O) groups excluding carboxylic acids is 1. The molecule has 8 heteroatoms. The Morgan fingerprint density at radius 1 is 1.12 bits per heavy atom. The summed E-state index contributed by atoms with van der Waals surface area (Å²) < 4.78 is 37.9. The highest BCUT2D eigenvalue weighted by Gasteiger charge is 2.19. The molecular weight excluding hydrogens is 348 g/mol. The van der Waals surface area contributed by atoms with Crippen LogP contribution in [-0.2, 0) is 4.79 Å². The van der Waals surface area contributed by atoms with E-state index in [-0.39, 0.29) is 5.69 Å². The van der Waals surface area contributed by atoms with E-state index in [0.29, 0.717) is 17.1 Å². The van der Waals surface area contributed by atoms with Crippen LogP contribution in [0, 0.1) is 5.82 Å². The van der Waals surface area contributed by atoms with Crippen LogP contribution < -0.4 is 14.8 Å². The van der Waals surface area contributed by atoms with Gasteiger partial charge in [0.2, 0.25) is 0 Å². The number of rotatable bonds is 6. The number of ether oxygens (including phenoxy) is 2. The Morgan fingerprint density at radius 3 is 2.42 bits per heavy atom. The largest absolute Gasteiger partial charge is 0.493 e. The average Bonchev–Trinajstić information content (AvgIpc) is 2.61. The Balaban J connectivity index is 2.27. The van der Waals surface area contributed by atoms with Crippen molar-refractivity contribution in [1.82, 2.24) is 0 Å². The lowest BCUT2D eigenvalue weighted by Gasteiger charge is -2.09. The highest BCUT2D eigenvalue weighted by molar-refractivity contribution is 6.08. The maximum atomic E-state index is 14.2. The molecule has 0 aliphatic carbocycles. The van der Waals surface area contributed by atoms with Crippen molar-refractivity contribution in [3.63, 3.8) is 0 Å². The standard InChI is InChI=1S/C18H15F2NO5/c1-25-14-7-6-10(9-15(14)26-2)8-12(20)17(22)21-13-5-3-4-11(19)16(13)18(23)24/h3-9H,1-2H3,(H,21,22)(H,23,24)/b12-8-. The molecule has 0 heterocycles. The Bertz CT molecular complexity index is 880. The molecule has 0 aliphatic rings. The predicted octanol–water partition coefficient (Wildman–Crippen LogP) is 3.49. The molecule has 2 aromatic rings. The molecule has 2 rings (SSSR count). The predicted molar refractivity (Wildman–Crippen MR) is 90.6 cm³/mol. The first-order valence-electron chi connectivity index (χ1n) is 7.29. The van der Waals surface area contributed by atoms with E-state index in [1.807, 2.05) is 5.32 Å². The van der Waals surface area contributed by atoms with Gasteiger partial charge in [0.15, 0.2) is 17.3 Å². The van der Waals surface area contributed by atoms with Crippen molar-refractivity contribution in [2.75, 3.05) is 19.5 Å². The minimum atomic E-state index is -1.58. The first kappa shape index (κ1) is 18.9. The summed E-state index contributed by atoms with van der Waals surface area (Å²) in [7, 11) is 2.85. The van der Waals surface area contributed by atoms with E-state index in [0.717, 1.165) is 18.2 Å². The van der Waals surface area contributed by atoms with E-state index >= 15 is 0 Å². The maximum absolute atomic E-state index is 14.2. The second-order valence-electron chi connectivity index (χ2n) is 5.03. The van der Waals surface area contributed by atoms with E-state index in [4.69, 9.17) is 14.6 Å². The number of halogens is 2. The van der Waals surface area contributed by atoms with Crippen LogP contribution in [0.5, 0.6) is 11.5 Å². The lowest BCUT2D eigenvalue weighted by molar-refractivity contribution is -0.114. The summed E-state index contributed by atoms with van der Waals surface area (Å²) in [5.41, 5.74) is -0.786. The van der Waals surface area contributed by atoms with Crippen LogP contribution >= 0.6 is 0 Å². The van der Waals surface area contributed by atoms with Gasteiger partial charge < -0.3 is 19.9 Å². The zero-order chi connectivity index (χ0) is 19.3. The van der Waals surface area contributed by atoms with Crippen LogP contribution in [0.1, 0.15) is 15.9 Å². The van der Waals surface area contributed by atoms with Gasteiger partial charge in [-0.15, -0.1) is 0 Å². The highest BCUT2D eigenvalue weighted by Crippen LogP contribution is 2.28. The molecule has 0 aromatic heterocycles. The van der Waals surface area contributed by atoms with E-state index in [1.165, 1.54) is 38.5 Å². The van der Waals surface area contributed by atoms with Crippen molar-refractivity contribution in [2.45, 2.75) is 0 Å². The Kier molecular flexibility index (Phi) is 5.90. The number of carbonyl (C=O) groups is 2. The fourth-order valence-electron chi connectivity index (χ4n) is 2.18. The molecule has 26 heavy (non-hydrogen) atoms. The number of benzene rings is 2. The van der Waals surface area contributed by atoms with Gasteiger partial charge in [0, 0.05) is 0 Å². The SMILES string of the molecule is COc1ccc(/C=C(\F)C(=O)Nc2cccc(F)c2C(=O)O)cc1OC. The number of methoxy groups -OCH3 is 2. The van der Waals surface area contributed by atoms with Gasteiger partial charge in [0.05, 0.1) is 19.9 Å². The van der Waals surface area contributed by atoms with Crippen LogP contribution in [0.4, 0.5) is 14.5 Å². The molecule has 0 spiro atoms. The van der Waals surface area contributed by atoms with Gasteiger partial charge >= 0.3 is 5.97 Å². The van der Waals surface area contributed by atoms with Gasteiger partial charge in [-0.25, -0.2) is 13.6 Å². The second-order valence-corrected chi connectivity index (χ2v) is 5.03. The van der Waals surface area contributed by atoms with Gasteiger partial charge in [0.25, 0.3) is 5.91 Å². The molecule has 0 saturated heterocycles. The van der Waals surface area contributed by atoms with Gasteiger partial charge in [-0.05, 0) is 35.9 Å². The smallest absolute Gasteiger partial charge is 0.340 e. The fraction of sp³-hybridized carbons (Fsp3) is 0.111. The number of carboxylic acid groups (broad SMARTS) is 1. The highest BCUT2D eigenvalue weighted by atomic mass is 19.1. The number of carboxylic acids is 1. The summed E-state index contributed by atoms with van der Waals surface area (Å²) in [5, 5.41) is 11.1. The van der Waals surface area contributed by atoms with E-state index in [2.05, 4.69) is 0 Å². The molecule has 0 atom stereocenters. The van der Waals surface area contributed by atoms with Gasteiger partial charge in [-0.2, -0.15) is 0 Å². The second kappa shape index (κ2) is 8.11. The van der Waals surface area contributed by atoms with Gasteiger partial charge in [-0.1, -0.05) is 12.1 Å². The number of amides is 1. The zero-order valence-electron chi connectivity index (χ0n) is 13.9. The van der Waals surface area contributed by atoms with Crippen molar-refractivity contribution in [1.29, 1.82) is 0 Å². The van der Waals surface area contributed by atoms with E-state index in [9.17, 15) is 18.4 Å². The molecule has 0 fully saturated rings. The van der Waals surface area contributed by atoms with Crippen LogP contribution in [-0.4, -0.2) is 31.2 Å². The molecule has 0 aliphatic heterocycles. The normalized spacial score (nSPS) is 11.0. The number of hydrogen-bond donors (Lipinski definition) is 2. The molecule has 0 unspecified atom stereocenters. The molecule has 2 aromatic carbocycles. The monoisotopic (exact) mass is 363 g/mol. The van der Waals surface area contributed by atoms with Crippen molar-refractivity contribution in [2.24, 2.45) is 0 Å². The summed E-state index contributed by atoms with van der Waals surface area (Å²) in [6.45, 7) is 0. The first-order chi connectivity index (χ1) is 12.4. The summed E-state index contributed by atoms with van der Waals surface area (Å²) in [5.74, 6) is -4.26.